The van der Waals surface area contributed by atoms with Crippen molar-refractivity contribution >= 4 is 28.6 Å². The van der Waals surface area contributed by atoms with Gasteiger partial charge in [0.25, 0.3) is 0 Å². The fourth-order valence-corrected chi connectivity index (χ4v) is 1.80. The first-order chi connectivity index (χ1) is 7.17. The van der Waals surface area contributed by atoms with Crippen molar-refractivity contribution in [2.24, 2.45) is 5.92 Å². The summed E-state index contributed by atoms with van der Waals surface area (Å²) in [5, 5.41) is 0. The average molecular weight is 293 g/mol. The molecule has 1 atom stereocenters. The quantitative estimate of drug-likeness (QED) is 0.809. The summed E-state index contributed by atoms with van der Waals surface area (Å²) in [6, 6.07) is 4.66. The molecule has 0 aromatic heterocycles. The van der Waals surface area contributed by atoms with E-state index in [9.17, 15) is 4.39 Å². The summed E-state index contributed by atoms with van der Waals surface area (Å²) in [5.74, 6) is 1.66. The zero-order valence-corrected chi connectivity index (χ0v) is 11.0. The number of benzene rings is 1. The molecule has 0 N–H and O–H groups in total. The van der Waals surface area contributed by atoms with Crippen LogP contribution in [0.4, 0.5) is 4.39 Å². The highest BCUT2D eigenvalue weighted by Gasteiger charge is 2.06. The fourth-order valence-electron chi connectivity index (χ4n) is 1.08. The molecule has 0 bridgehead atoms. The average Bonchev–Trinajstić information content (AvgIpc) is 2.24. The molecular weight excluding hydrogens is 279 g/mol. The van der Waals surface area contributed by atoms with E-state index in [2.05, 4.69) is 35.5 Å². The highest BCUT2D eigenvalue weighted by atomic mass is 79.9. The Morgan fingerprint density at radius 2 is 2.27 bits per heavy atom. The minimum atomic E-state index is -0.274. The Morgan fingerprint density at radius 1 is 1.53 bits per heavy atom. The van der Waals surface area contributed by atoms with E-state index in [1.54, 1.807) is 12.1 Å². The second kappa shape index (κ2) is 6.38. The van der Waals surface area contributed by atoms with Gasteiger partial charge in [0.1, 0.15) is 11.6 Å². The van der Waals surface area contributed by atoms with Gasteiger partial charge in [-0.25, -0.2) is 4.39 Å². The van der Waals surface area contributed by atoms with E-state index >= 15 is 0 Å². The number of hydrogen-bond acceptors (Lipinski definition) is 2. The minimum Gasteiger partial charge on any atom is -0.493 e. The van der Waals surface area contributed by atoms with E-state index in [1.165, 1.54) is 6.07 Å². The number of thiol groups is 1. The van der Waals surface area contributed by atoms with Crippen LogP contribution in [-0.4, -0.2) is 12.4 Å². The van der Waals surface area contributed by atoms with Crippen LogP contribution in [0.25, 0.3) is 0 Å². The molecule has 0 amide bonds. The van der Waals surface area contributed by atoms with Crippen molar-refractivity contribution in [3.63, 3.8) is 0 Å². The summed E-state index contributed by atoms with van der Waals surface area (Å²) in [7, 11) is 0. The van der Waals surface area contributed by atoms with Gasteiger partial charge in [-0.05, 0) is 46.3 Å². The molecule has 0 radical (unpaired) electrons. The van der Waals surface area contributed by atoms with Gasteiger partial charge in [0.05, 0.1) is 11.1 Å². The van der Waals surface area contributed by atoms with Gasteiger partial charge in [-0.15, -0.1) is 0 Å². The molecule has 0 heterocycles. The Morgan fingerprint density at radius 3 is 2.80 bits per heavy atom. The van der Waals surface area contributed by atoms with Crippen molar-refractivity contribution in [2.45, 2.75) is 13.3 Å². The zero-order chi connectivity index (χ0) is 11.3. The van der Waals surface area contributed by atoms with Gasteiger partial charge in [0, 0.05) is 5.92 Å². The molecule has 15 heavy (non-hydrogen) atoms. The number of rotatable bonds is 5. The van der Waals surface area contributed by atoms with Crippen molar-refractivity contribution < 1.29 is 9.13 Å². The second-order valence-electron chi connectivity index (χ2n) is 3.34. The van der Waals surface area contributed by atoms with Crippen LogP contribution in [-0.2, 0) is 0 Å². The Balaban J connectivity index is 2.54. The summed E-state index contributed by atoms with van der Waals surface area (Å²) >= 11 is 7.35. The largest absolute Gasteiger partial charge is 0.493 e. The smallest absolute Gasteiger partial charge is 0.137 e. The lowest BCUT2D eigenvalue weighted by Crippen LogP contribution is -2.12. The first-order valence-electron chi connectivity index (χ1n) is 4.86. The minimum absolute atomic E-state index is 0.274. The molecule has 1 nitrogen and oxygen atoms in total. The van der Waals surface area contributed by atoms with E-state index in [0.717, 1.165) is 12.2 Å². The summed E-state index contributed by atoms with van der Waals surface area (Å²) in [6.07, 6.45) is 1.03. The monoisotopic (exact) mass is 292 g/mol. The topological polar surface area (TPSA) is 9.23 Å². The molecular formula is C11H14BrFOS. The van der Waals surface area contributed by atoms with E-state index in [-0.39, 0.29) is 5.82 Å². The van der Waals surface area contributed by atoms with Crippen LogP contribution < -0.4 is 4.74 Å². The van der Waals surface area contributed by atoms with Crippen LogP contribution in [0, 0.1) is 11.7 Å². The molecule has 1 aromatic rings. The lowest BCUT2D eigenvalue weighted by molar-refractivity contribution is 0.259. The van der Waals surface area contributed by atoms with Crippen LogP contribution in [0.1, 0.15) is 13.3 Å². The first kappa shape index (κ1) is 12.8. The summed E-state index contributed by atoms with van der Waals surface area (Å²) < 4.78 is 18.9. The lowest BCUT2D eigenvalue weighted by atomic mass is 10.1. The van der Waals surface area contributed by atoms with Crippen molar-refractivity contribution in [3.8, 4) is 5.75 Å². The van der Waals surface area contributed by atoms with Crippen molar-refractivity contribution in [1.82, 2.24) is 0 Å². The third-order valence-corrected chi connectivity index (χ3v) is 3.34. The number of halogens is 2. The van der Waals surface area contributed by atoms with E-state index in [0.29, 0.717) is 22.7 Å². The van der Waals surface area contributed by atoms with Crippen molar-refractivity contribution in [3.05, 3.63) is 28.5 Å². The predicted octanol–water partition coefficient (Wildman–Crippen LogP) is 3.92. The third kappa shape index (κ3) is 4.03. The maximum absolute atomic E-state index is 12.9. The lowest BCUT2D eigenvalue weighted by Gasteiger charge is -2.13. The van der Waals surface area contributed by atoms with Crippen molar-refractivity contribution in [2.75, 3.05) is 12.4 Å². The van der Waals surface area contributed by atoms with Crippen LogP contribution >= 0.6 is 28.6 Å². The van der Waals surface area contributed by atoms with E-state index in [4.69, 9.17) is 4.74 Å². The van der Waals surface area contributed by atoms with Crippen LogP contribution in [0.2, 0.25) is 0 Å². The standard InChI is InChI=1S/C11H14BrFOS/c1-2-8(7-15)6-14-9-3-4-11(13)10(12)5-9/h3-5,8,15H,2,6-7H2,1H3. The molecule has 84 valence electrons. The first-order valence-corrected chi connectivity index (χ1v) is 6.28. The van der Waals surface area contributed by atoms with Gasteiger partial charge in [-0.3, -0.25) is 0 Å². The highest BCUT2D eigenvalue weighted by molar-refractivity contribution is 9.10. The molecule has 0 saturated carbocycles. The van der Waals surface area contributed by atoms with Gasteiger partial charge >= 0.3 is 0 Å². The summed E-state index contributed by atoms with van der Waals surface area (Å²) in [5.41, 5.74) is 0. The fraction of sp³-hybridized carbons (Fsp3) is 0.455. The Labute approximate surface area is 104 Å². The predicted molar refractivity (Wildman–Crippen MR) is 67.2 cm³/mol. The number of hydrogen-bond donors (Lipinski definition) is 1. The SMILES string of the molecule is CCC(CS)COc1ccc(F)c(Br)c1. The van der Waals surface area contributed by atoms with Crippen molar-refractivity contribution in [1.29, 1.82) is 0 Å². The van der Waals surface area contributed by atoms with Crippen LogP contribution in [0.5, 0.6) is 5.75 Å². The molecule has 0 fully saturated rings. The zero-order valence-electron chi connectivity index (χ0n) is 8.54. The molecule has 4 heteroatoms. The summed E-state index contributed by atoms with van der Waals surface area (Å²) in [4.78, 5) is 0. The van der Waals surface area contributed by atoms with Crippen LogP contribution in [0.3, 0.4) is 0 Å². The van der Waals surface area contributed by atoms with Gasteiger partial charge < -0.3 is 4.74 Å². The molecule has 0 aliphatic rings. The molecule has 0 aliphatic carbocycles. The molecule has 1 rings (SSSR count). The maximum atomic E-state index is 12.9. The second-order valence-corrected chi connectivity index (χ2v) is 4.56. The highest BCUT2D eigenvalue weighted by Crippen LogP contribution is 2.22. The Kier molecular flexibility index (Phi) is 5.47. The van der Waals surface area contributed by atoms with Gasteiger partial charge in [-0.1, -0.05) is 6.92 Å². The molecule has 0 spiro atoms. The number of ether oxygens (including phenoxy) is 1. The van der Waals surface area contributed by atoms with E-state index < -0.39 is 0 Å². The van der Waals surface area contributed by atoms with Gasteiger partial charge in [0.15, 0.2) is 0 Å². The molecule has 1 unspecified atom stereocenters. The Hall–Kier alpha value is -0.220. The molecule has 1 aromatic carbocycles. The van der Waals surface area contributed by atoms with Gasteiger partial charge in [-0.2, -0.15) is 12.6 Å². The van der Waals surface area contributed by atoms with E-state index in [1.807, 2.05) is 0 Å². The molecule has 0 aliphatic heterocycles. The maximum Gasteiger partial charge on any atom is 0.137 e. The van der Waals surface area contributed by atoms with Gasteiger partial charge in [0.2, 0.25) is 0 Å². The van der Waals surface area contributed by atoms with Crippen LogP contribution in [0.15, 0.2) is 22.7 Å². The Bertz CT molecular complexity index is 315. The normalized spacial score (nSPS) is 12.5. The third-order valence-electron chi connectivity index (χ3n) is 2.21. The summed E-state index contributed by atoms with van der Waals surface area (Å²) in [6.45, 7) is 2.73. The molecule has 0 saturated heterocycles.